The first kappa shape index (κ1) is 13.9. The number of aromatic nitrogens is 1. The summed E-state index contributed by atoms with van der Waals surface area (Å²) in [5.74, 6) is 1.32. The minimum atomic E-state index is -0.0140. The molecule has 112 valence electrons. The Balaban J connectivity index is 1.71. The summed E-state index contributed by atoms with van der Waals surface area (Å²) in [6, 6.07) is 3.30. The SMILES string of the molecule is NC(=NO)c1ccc(C(=O)N(CC2CC2)CC2CC2)nc1. The fourth-order valence-corrected chi connectivity index (χ4v) is 2.36. The molecule has 2 aliphatic rings. The van der Waals surface area contributed by atoms with Gasteiger partial charge in [-0.25, -0.2) is 0 Å². The Kier molecular flexibility index (Phi) is 3.77. The first-order valence-corrected chi connectivity index (χ1v) is 7.40. The minimum absolute atomic E-state index is 0.00526. The molecule has 0 aliphatic heterocycles. The van der Waals surface area contributed by atoms with Crippen LogP contribution in [0.5, 0.6) is 0 Å². The summed E-state index contributed by atoms with van der Waals surface area (Å²) in [6.45, 7) is 1.69. The number of pyridine rings is 1. The molecule has 3 N–H and O–H groups in total. The summed E-state index contributed by atoms with van der Waals surface area (Å²) in [5, 5.41) is 11.5. The van der Waals surface area contributed by atoms with Crippen LogP contribution in [0.25, 0.3) is 0 Å². The Bertz CT molecular complexity index is 533. The number of amidine groups is 1. The Morgan fingerprint density at radius 1 is 1.29 bits per heavy atom. The van der Waals surface area contributed by atoms with Gasteiger partial charge in [-0.15, -0.1) is 0 Å². The van der Waals surface area contributed by atoms with E-state index in [0.29, 0.717) is 23.1 Å². The first-order valence-electron chi connectivity index (χ1n) is 7.40. The lowest BCUT2D eigenvalue weighted by Gasteiger charge is -2.22. The standard InChI is InChI=1S/C15H20N4O2/c16-14(18-21)12-5-6-13(17-7-12)15(20)19(8-10-1-2-10)9-11-3-4-11/h5-7,10-11,21H,1-4,8-9H2,(H2,16,18). The van der Waals surface area contributed by atoms with Gasteiger partial charge >= 0.3 is 0 Å². The van der Waals surface area contributed by atoms with Gasteiger partial charge in [0, 0.05) is 24.8 Å². The van der Waals surface area contributed by atoms with E-state index in [2.05, 4.69) is 10.1 Å². The average Bonchev–Trinajstić information content (AvgIpc) is 3.41. The van der Waals surface area contributed by atoms with Crippen molar-refractivity contribution in [1.82, 2.24) is 9.88 Å². The zero-order valence-corrected chi connectivity index (χ0v) is 11.9. The van der Waals surface area contributed by atoms with Gasteiger partial charge < -0.3 is 15.8 Å². The topological polar surface area (TPSA) is 91.8 Å². The molecule has 21 heavy (non-hydrogen) atoms. The Hall–Kier alpha value is -2.11. The molecule has 1 aromatic heterocycles. The number of oxime groups is 1. The van der Waals surface area contributed by atoms with Crippen molar-refractivity contribution in [3.63, 3.8) is 0 Å². The van der Waals surface area contributed by atoms with E-state index in [1.54, 1.807) is 12.1 Å². The lowest BCUT2D eigenvalue weighted by molar-refractivity contribution is 0.0733. The van der Waals surface area contributed by atoms with E-state index in [1.165, 1.54) is 31.9 Å². The second-order valence-electron chi connectivity index (χ2n) is 6.01. The van der Waals surface area contributed by atoms with Gasteiger partial charge in [0.05, 0.1) is 0 Å². The molecule has 0 aromatic carbocycles. The molecule has 0 saturated heterocycles. The van der Waals surface area contributed by atoms with Gasteiger partial charge in [-0.1, -0.05) is 5.16 Å². The van der Waals surface area contributed by atoms with Crippen LogP contribution in [-0.2, 0) is 0 Å². The predicted molar refractivity (Wildman–Crippen MR) is 78.1 cm³/mol. The average molecular weight is 288 g/mol. The molecule has 3 rings (SSSR count). The van der Waals surface area contributed by atoms with Crippen LogP contribution >= 0.6 is 0 Å². The molecule has 0 unspecified atom stereocenters. The van der Waals surface area contributed by atoms with Crippen LogP contribution < -0.4 is 5.73 Å². The molecule has 2 fully saturated rings. The van der Waals surface area contributed by atoms with Gasteiger partial charge in [0.15, 0.2) is 5.84 Å². The van der Waals surface area contributed by atoms with Crippen LogP contribution in [0.3, 0.4) is 0 Å². The minimum Gasteiger partial charge on any atom is -0.409 e. The van der Waals surface area contributed by atoms with Gasteiger partial charge in [0.2, 0.25) is 0 Å². The number of carbonyl (C=O) groups is 1. The molecule has 6 nitrogen and oxygen atoms in total. The van der Waals surface area contributed by atoms with E-state index in [4.69, 9.17) is 10.9 Å². The maximum atomic E-state index is 12.6. The Labute approximate surface area is 123 Å². The lowest BCUT2D eigenvalue weighted by Crippen LogP contribution is -2.35. The van der Waals surface area contributed by atoms with Crippen molar-refractivity contribution in [2.24, 2.45) is 22.7 Å². The summed E-state index contributed by atoms with van der Waals surface area (Å²) in [5.41, 5.74) is 6.42. The Morgan fingerprint density at radius 2 is 1.90 bits per heavy atom. The lowest BCUT2D eigenvalue weighted by atomic mass is 10.2. The monoisotopic (exact) mass is 288 g/mol. The zero-order chi connectivity index (χ0) is 14.8. The number of hydrogen-bond donors (Lipinski definition) is 2. The van der Waals surface area contributed by atoms with Gasteiger partial charge in [-0.3, -0.25) is 9.78 Å². The van der Waals surface area contributed by atoms with E-state index in [-0.39, 0.29) is 11.7 Å². The van der Waals surface area contributed by atoms with Crippen LogP contribution in [0, 0.1) is 11.8 Å². The predicted octanol–water partition coefficient (Wildman–Crippen LogP) is 1.44. The molecular formula is C15H20N4O2. The maximum absolute atomic E-state index is 12.6. The Morgan fingerprint density at radius 3 is 2.33 bits per heavy atom. The van der Waals surface area contributed by atoms with Crippen LogP contribution in [0.15, 0.2) is 23.5 Å². The molecule has 0 spiro atoms. The fourth-order valence-electron chi connectivity index (χ4n) is 2.36. The van der Waals surface area contributed by atoms with Crippen molar-refractivity contribution in [3.8, 4) is 0 Å². The molecule has 0 bridgehead atoms. The smallest absolute Gasteiger partial charge is 0.272 e. The first-order chi connectivity index (χ1) is 10.2. The number of amides is 1. The van der Waals surface area contributed by atoms with Gasteiger partial charge in [-0.05, 0) is 49.7 Å². The summed E-state index contributed by atoms with van der Waals surface area (Å²) in [7, 11) is 0. The highest BCUT2D eigenvalue weighted by atomic mass is 16.4. The highest BCUT2D eigenvalue weighted by molar-refractivity contribution is 5.98. The molecule has 2 aliphatic carbocycles. The summed E-state index contributed by atoms with van der Waals surface area (Å²) in [4.78, 5) is 18.7. The number of nitrogens with zero attached hydrogens (tertiary/aromatic N) is 3. The van der Waals surface area contributed by atoms with Crippen LogP contribution in [-0.4, -0.2) is 39.9 Å². The normalized spacial score (nSPS) is 18.6. The third-order valence-electron chi connectivity index (χ3n) is 4.02. The van der Waals surface area contributed by atoms with Gasteiger partial charge in [0.1, 0.15) is 5.69 Å². The van der Waals surface area contributed by atoms with E-state index in [0.717, 1.165) is 13.1 Å². The summed E-state index contributed by atoms with van der Waals surface area (Å²) in [6.07, 6.45) is 6.37. The number of nitrogens with two attached hydrogens (primary N) is 1. The number of carbonyl (C=O) groups excluding carboxylic acids is 1. The number of hydrogen-bond acceptors (Lipinski definition) is 4. The van der Waals surface area contributed by atoms with Crippen LogP contribution in [0.1, 0.15) is 41.7 Å². The van der Waals surface area contributed by atoms with Crippen molar-refractivity contribution in [2.45, 2.75) is 25.7 Å². The number of rotatable bonds is 6. The van der Waals surface area contributed by atoms with Crippen molar-refractivity contribution in [2.75, 3.05) is 13.1 Å². The van der Waals surface area contributed by atoms with Crippen molar-refractivity contribution in [3.05, 3.63) is 29.6 Å². The summed E-state index contributed by atoms with van der Waals surface area (Å²) >= 11 is 0. The van der Waals surface area contributed by atoms with Crippen molar-refractivity contribution >= 4 is 11.7 Å². The molecule has 1 heterocycles. The highest BCUT2D eigenvalue weighted by Gasteiger charge is 2.32. The zero-order valence-electron chi connectivity index (χ0n) is 11.9. The molecule has 1 aromatic rings. The highest BCUT2D eigenvalue weighted by Crippen LogP contribution is 2.34. The summed E-state index contributed by atoms with van der Waals surface area (Å²) < 4.78 is 0. The molecule has 2 saturated carbocycles. The van der Waals surface area contributed by atoms with Crippen molar-refractivity contribution < 1.29 is 10.0 Å². The second kappa shape index (κ2) is 5.71. The second-order valence-corrected chi connectivity index (χ2v) is 6.01. The maximum Gasteiger partial charge on any atom is 0.272 e. The quantitative estimate of drug-likeness (QED) is 0.358. The molecular weight excluding hydrogens is 268 g/mol. The van der Waals surface area contributed by atoms with Crippen molar-refractivity contribution in [1.29, 1.82) is 0 Å². The van der Waals surface area contributed by atoms with Gasteiger partial charge in [-0.2, -0.15) is 0 Å². The molecule has 0 atom stereocenters. The van der Waals surface area contributed by atoms with Gasteiger partial charge in [0.25, 0.3) is 5.91 Å². The third-order valence-corrected chi connectivity index (χ3v) is 4.02. The van der Waals surface area contributed by atoms with E-state index in [1.807, 2.05) is 4.90 Å². The van der Waals surface area contributed by atoms with E-state index < -0.39 is 0 Å². The van der Waals surface area contributed by atoms with Crippen LogP contribution in [0.4, 0.5) is 0 Å². The van der Waals surface area contributed by atoms with Crippen LogP contribution in [0.2, 0.25) is 0 Å². The third kappa shape index (κ3) is 3.51. The fraction of sp³-hybridized carbons (Fsp3) is 0.533. The largest absolute Gasteiger partial charge is 0.409 e. The van der Waals surface area contributed by atoms with E-state index in [9.17, 15) is 4.79 Å². The van der Waals surface area contributed by atoms with E-state index >= 15 is 0 Å². The molecule has 0 radical (unpaired) electrons. The molecule has 1 amide bonds. The molecule has 6 heteroatoms.